The predicted octanol–water partition coefficient (Wildman–Crippen LogP) is 1.82. The van der Waals surface area contributed by atoms with Crippen LogP contribution in [-0.2, 0) is 4.79 Å². The molecule has 1 aromatic carbocycles. The number of carboxylic acids is 1. The van der Waals surface area contributed by atoms with E-state index in [4.69, 9.17) is 9.84 Å². The highest BCUT2D eigenvalue weighted by Crippen LogP contribution is 2.30. The number of aliphatic hydroxyl groups excluding tert-OH is 1. The van der Waals surface area contributed by atoms with Crippen molar-refractivity contribution in [2.45, 2.75) is 26.4 Å². The quantitative estimate of drug-likeness (QED) is 0.818. The molecule has 4 heteroatoms. The van der Waals surface area contributed by atoms with Crippen LogP contribution in [0.4, 0.5) is 0 Å². The Morgan fingerprint density at radius 2 is 1.94 bits per heavy atom. The van der Waals surface area contributed by atoms with Crippen molar-refractivity contribution < 1.29 is 19.7 Å². The van der Waals surface area contributed by atoms with Gasteiger partial charge in [-0.1, -0.05) is 0 Å². The van der Waals surface area contributed by atoms with Crippen LogP contribution in [0.3, 0.4) is 0 Å². The maximum absolute atomic E-state index is 10.5. The molecule has 0 spiro atoms. The highest BCUT2D eigenvalue weighted by Gasteiger charge is 2.17. The molecule has 0 saturated carbocycles. The third kappa shape index (κ3) is 2.73. The van der Waals surface area contributed by atoms with Crippen molar-refractivity contribution in [2.24, 2.45) is 0 Å². The van der Waals surface area contributed by atoms with Crippen molar-refractivity contribution in [2.75, 3.05) is 7.11 Å². The topological polar surface area (TPSA) is 66.8 Å². The van der Waals surface area contributed by atoms with E-state index in [9.17, 15) is 9.90 Å². The fraction of sp³-hybridized carbons (Fsp3) is 0.417. The van der Waals surface area contributed by atoms with E-state index < -0.39 is 12.1 Å². The Morgan fingerprint density at radius 1 is 1.38 bits per heavy atom. The smallest absolute Gasteiger partial charge is 0.306 e. The summed E-state index contributed by atoms with van der Waals surface area (Å²) in [4.78, 5) is 10.5. The van der Waals surface area contributed by atoms with E-state index >= 15 is 0 Å². The van der Waals surface area contributed by atoms with E-state index in [1.165, 1.54) is 7.11 Å². The molecule has 0 aromatic heterocycles. The first-order valence-electron chi connectivity index (χ1n) is 5.00. The SMILES string of the molecule is COc1cc(C)c(C)cc1C(O)CC(=O)O. The number of aryl methyl sites for hydroxylation is 2. The van der Waals surface area contributed by atoms with Gasteiger partial charge in [0.2, 0.25) is 0 Å². The van der Waals surface area contributed by atoms with Crippen molar-refractivity contribution in [1.29, 1.82) is 0 Å². The van der Waals surface area contributed by atoms with Gasteiger partial charge in [0.1, 0.15) is 5.75 Å². The molecule has 16 heavy (non-hydrogen) atoms. The summed E-state index contributed by atoms with van der Waals surface area (Å²) in [6.07, 6.45) is -1.36. The number of carboxylic acid groups (broad SMARTS) is 1. The van der Waals surface area contributed by atoms with Gasteiger partial charge in [0, 0.05) is 5.56 Å². The molecule has 0 radical (unpaired) electrons. The molecule has 2 N–H and O–H groups in total. The minimum atomic E-state index is -1.04. The highest BCUT2D eigenvalue weighted by atomic mass is 16.5. The van der Waals surface area contributed by atoms with Gasteiger partial charge in [-0.25, -0.2) is 0 Å². The fourth-order valence-electron chi connectivity index (χ4n) is 1.52. The van der Waals surface area contributed by atoms with Crippen LogP contribution in [0.15, 0.2) is 12.1 Å². The summed E-state index contributed by atoms with van der Waals surface area (Å²) in [6, 6.07) is 3.57. The molecule has 0 bridgehead atoms. The summed E-state index contributed by atoms with van der Waals surface area (Å²) in [5.74, 6) is -0.510. The normalized spacial score (nSPS) is 12.2. The van der Waals surface area contributed by atoms with Crippen molar-refractivity contribution in [3.63, 3.8) is 0 Å². The lowest BCUT2D eigenvalue weighted by molar-refractivity contribution is -0.139. The molecule has 1 unspecified atom stereocenters. The van der Waals surface area contributed by atoms with Gasteiger partial charge >= 0.3 is 5.97 Å². The molecule has 0 fully saturated rings. The van der Waals surface area contributed by atoms with Crippen molar-refractivity contribution in [3.05, 3.63) is 28.8 Å². The van der Waals surface area contributed by atoms with Crippen molar-refractivity contribution >= 4 is 5.97 Å². The Bertz CT molecular complexity index is 398. The standard InChI is InChI=1S/C12H16O4/c1-7-4-9(10(13)6-12(14)15)11(16-3)5-8(7)2/h4-5,10,13H,6H2,1-3H3,(H,14,15). The molecular weight excluding hydrogens is 208 g/mol. The lowest BCUT2D eigenvalue weighted by Crippen LogP contribution is -2.07. The molecular formula is C12H16O4. The molecule has 1 atom stereocenters. The Labute approximate surface area is 94.5 Å². The van der Waals surface area contributed by atoms with Gasteiger partial charge in [-0.15, -0.1) is 0 Å². The Balaban J connectivity index is 3.10. The molecule has 1 aromatic rings. The fourth-order valence-corrected chi connectivity index (χ4v) is 1.52. The summed E-state index contributed by atoms with van der Waals surface area (Å²) < 4.78 is 5.13. The molecule has 1 rings (SSSR count). The van der Waals surface area contributed by atoms with Crippen LogP contribution in [0.1, 0.15) is 29.2 Å². The molecule has 0 aliphatic heterocycles. The maximum atomic E-state index is 10.5. The molecule has 0 aliphatic carbocycles. The van der Waals surface area contributed by atoms with Crippen LogP contribution < -0.4 is 4.74 Å². The molecule has 0 heterocycles. The molecule has 0 aliphatic rings. The van der Waals surface area contributed by atoms with Gasteiger partial charge in [0.25, 0.3) is 0 Å². The number of rotatable bonds is 4. The van der Waals surface area contributed by atoms with Crippen LogP contribution >= 0.6 is 0 Å². The van der Waals surface area contributed by atoms with Crippen LogP contribution in [0.5, 0.6) is 5.75 Å². The maximum Gasteiger partial charge on any atom is 0.306 e. The summed E-state index contributed by atoms with van der Waals surface area (Å²) in [6.45, 7) is 3.84. The van der Waals surface area contributed by atoms with Crippen molar-refractivity contribution in [1.82, 2.24) is 0 Å². The van der Waals surface area contributed by atoms with E-state index in [-0.39, 0.29) is 6.42 Å². The summed E-state index contributed by atoms with van der Waals surface area (Å²) in [7, 11) is 1.50. The third-order valence-corrected chi connectivity index (χ3v) is 2.57. The van der Waals surface area contributed by atoms with E-state index in [1.807, 2.05) is 13.8 Å². The monoisotopic (exact) mass is 224 g/mol. The second-order valence-corrected chi connectivity index (χ2v) is 3.79. The minimum Gasteiger partial charge on any atom is -0.496 e. The summed E-state index contributed by atoms with van der Waals surface area (Å²) in [5, 5.41) is 18.4. The first kappa shape index (κ1) is 12.5. The van der Waals surface area contributed by atoms with Gasteiger partial charge in [-0.2, -0.15) is 0 Å². The average molecular weight is 224 g/mol. The zero-order valence-corrected chi connectivity index (χ0v) is 9.65. The van der Waals surface area contributed by atoms with E-state index in [0.717, 1.165) is 11.1 Å². The van der Waals surface area contributed by atoms with Gasteiger partial charge in [-0.3, -0.25) is 4.79 Å². The van der Waals surface area contributed by atoms with Crippen LogP contribution in [-0.4, -0.2) is 23.3 Å². The number of methoxy groups -OCH3 is 1. The number of aliphatic carboxylic acids is 1. The van der Waals surface area contributed by atoms with Gasteiger partial charge in [0.05, 0.1) is 19.6 Å². The predicted molar refractivity (Wildman–Crippen MR) is 59.7 cm³/mol. The van der Waals surface area contributed by atoms with Gasteiger partial charge in [-0.05, 0) is 37.1 Å². The number of ether oxygens (including phenoxy) is 1. The summed E-state index contributed by atoms with van der Waals surface area (Å²) in [5.41, 5.74) is 2.57. The molecule has 4 nitrogen and oxygen atoms in total. The minimum absolute atomic E-state index is 0.321. The first-order valence-corrected chi connectivity index (χ1v) is 5.00. The lowest BCUT2D eigenvalue weighted by atomic mass is 9.99. The zero-order chi connectivity index (χ0) is 12.3. The highest BCUT2D eigenvalue weighted by molar-refractivity contribution is 5.68. The van der Waals surface area contributed by atoms with Crippen LogP contribution in [0, 0.1) is 13.8 Å². The van der Waals surface area contributed by atoms with Gasteiger partial charge < -0.3 is 14.9 Å². The second kappa shape index (κ2) is 4.99. The molecule has 88 valence electrons. The number of hydrogen-bond donors (Lipinski definition) is 2. The lowest BCUT2D eigenvalue weighted by Gasteiger charge is -2.15. The van der Waals surface area contributed by atoms with E-state index in [0.29, 0.717) is 11.3 Å². The van der Waals surface area contributed by atoms with Gasteiger partial charge in [0.15, 0.2) is 0 Å². The van der Waals surface area contributed by atoms with Crippen LogP contribution in [0.25, 0.3) is 0 Å². The number of hydrogen-bond acceptors (Lipinski definition) is 3. The number of benzene rings is 1. The molecule has 0 amide bonds. The number of carbonyl (C=O) groups is 1. The van der Waals surface area contributed by atoms with E-state index in [2.05, 4.69) is 0 Å². The van der Waals surface area contributed by atoms with Crippen LogP contribution in [0.2, 0.25) is 0 Å². The molecule has 0 saturated heterocycles. The second-order valence-electron chi connectivity index (χ2n) is 3.79. The third-order valence-electron chi connectivity index (χ3n) is 2.57. The Kier molecular flexibility index (Phi) is 3.90. The Hall–Kier alpha value is -1.55. The van der Waals surface area contributed by atoms with E-state index in [1.54, 1.807) is 12.1 Å². The number of aliphatic hydroxyl groups is 1. The largest absolute Gasteiger partial charge is 0.496 e. The van der Waals surface area contributed by atoms with Crippen molar-refractivity contribution in [3.8, 4) is 5.75 Å². The summed E-state index contributed by atoms with van der Waals surface area (Å²) >= 11 is 0. The first-order chi connectivity index (χ1) is 7.45. The average Bonchev–Trinajstić information content (AvgIpc) is 2.20. The zero-order valence-electron chi connectivity index (χ0n) is 9.65. The Morgan fingerprint density at radius 3 is 2.44 bits per heavy atom.